The lowest BCUT2D eigenvalue weighted by Gasteiger charge is -2.16. The number of halogens is 3. The summed E-state index contributed by atoms with van der Waals surface area (Å²) in [5, 5.41) is 1.33. The van der Waals surface area contributed by atoms with Gasteiger partial charge in [-0.25, -0.2) is 0 Å². The Morgan fingerprint density at radius 2 is 1.62 bits per heavy atom. The van der Waals surface area contributed by atoms with Crippen molar-refractivity contribution in [1.29, 1.82) is 0 Å². The van der Waals surface area contributed by atoms with Crippen LogP contribution in [0.3, 0.4) is 0 Å². The van der Waals surface area contributed by atoms with Gasteiger partial charge < -0.3 is 5.73 Å². The molecule has 0 unspecified atom stereocenters. The first kappa shape index (κ1) is 16.1. The van der Waals surface area contributed by atoms with Crippen LogP contribution in [-0.4, -0.2) is 0 Å². The summed E-state index contributed by atoms with van der Waals surface area (Å²) in [6.07, 6.45) is 2.00. The Bertz CT molecular complexity index is 306. The Hall–Kier alpha value is 0.0500. The van der Waals surface area contributed by atoms with E-state index in [-0.39, 0.29) is 18.4 Å². The molecule has 0 amide bonds. The topological polar surface area (TPSA) is 26.0 Å². The van der Waals surface area contributed by atoms with Crippen LogP contribution in [0.25, 0.3) is 0 Å². The Morgan fingerprint density at radius 3 is 2.06 bits per heavy atom. The predicted molar refractivity (Wildman–Crippen MR) is 74.7 cm³/mol. The van der Waals surface area contributed by atoms with Gasteiger partial charge in [0.1, 0.15) is 0 Å². The quantitative estimate of drug-likeness (QED) is 0.839. The van der Waals surface area contributed by atoms with Gasteiger partial charge >= 0.3 is 0 Å². The van der Waals surface area contributed by atoms with Gasteiger partial charge in [-0.15, -0.1) is 12.4 Å². The largest absolute Gasteiger partial charge is 0.324 e. The molecule has 1 atom stereocenters. The second-order valence-corrected chi connectivity index (χ2v) is 5.03. The molecule has 0 aromatic heterocycles. The van der Waals surface area contributed by atoms with Crippen LogP contribution in [0, 0.1) is 5.92 Å². The first-order valence-electron chi connectivity index (χ1n) is 5.22. The van der Waals surface area contributed by atoms with Gasteiger partial charge in [0.2, 0.25) is 0 Å². The van der Waals surface area contributed by atoms with Crippen molar-refractivity contribution in [3.05, 3.63) is 33.8 Å². The third kappa shape index (κ3) is 4.50. The van der Waals surface area contributed by atoms with E-state index in [1.54, 1.807) is 0 Å². The lowest BCUT2D eigenvalue weighted by Crippen LogP contribution is -2.12. The Labute approximate surface area is 114 Å². The molecule has 0 saturated heterocycles. The van der Waals surface area contributed by atoms with Crippen molar-refractivity contribution in [2.45, 2.75) is 32.7 Å². The molecule has 0 aliphatic carbocycles. The van der Waals surface area contributed by atoms with Gasteiger partial charge in [0.15, 0.2) is 0 Å². The maximum atomic E-state index is 6.08. The fourth-order valence-corrected chi connectivity index (χ4v) is 2.20. The van der Waals surface area contributed by atoms with E-state index < -0.39 is 0 Å². The van der Waals surface area contributed by atoms with E-state index in [1.165, 1.54) is 0 Å². The minimum absolute atomic E-state index is 0. The third-order valence-corrected chi connectivity index (χ3v) is 3.08. The highest BCUT2D eigenvalue weighted by Crippen LogP contribution is 2.31. The van der Waals surface area contributed by atoms with Crippen LogP contribution >= 0.6 is 35.6 Å². The normalized spacial score (nSPS) is 12.4. The summed E-state index contributed by atoms with van der Waals surface area (Å²) in [5.41, 5.74) is 6.95. The molecule has 4 heteroatoms. The van der Waals surface area contributed by atoms with E-state index in [4.69, 9.17) is 28.9 Å². The lowest BCUT2D eigenvalue weighted by molar-refractivity contribution is 0.507. The molecule has 0 heterocycles. The molecular formula is C12H18Cl3N. The zero-order valence-electron chi connectivity index (χ0n) is 9.54. The summed E-state index contributed by atoms with van der Waals surface area (Å²) in [6, 6.07) is 5.44. The number of benzene rings is 1. The Balaban J connectivity index is 0.00000225. The fraction of sp³-hybridized carbons (Fsp3) is 0.500. The lowest BCUT2D eigenvalue weighted by atomic mass is 9.98. The van der Waals surface area contributed by atoms with Crippen LogP contribution < -0.4 is 5.73 Å². The molecule has 1 aromatic carbocycles. The van der Waals surface area contributed by atoms with Crippen LogP contribution in [0.4, 0.5) is 0 Å². The van der Waals surface area contributed by atoms with Gasteiger partial charge in [0, 0.05) is 21.7 Å². The van der Waals surface area contributed by atoms with Gasteiger partial charge in [0.05, 0.1) is 0 Å². The van der Waals surface area contributed by atoms with E-state index in [0.29, 0.717) is 16.0 Å². The van der Waals surface area contributed by atoms with Crippen LogP contribution in [0.2, 0.25) is 10.0 Å². The summed E-state index contributed by atoms with van der Waals surface area (Å²) in [7, 11) is 0. The standard InChI is InChI=1S/C12H17Cl2N.ClH/c1-8(2)6-7-11(15)12-9(13)4-3-5-10(12)14;/h3-5,8,11H,6-7,15H2,1-2H3;1H/t11-;/m1./s1. The highest BCUT2D eigenvalue weighted by atomic mass is 35.5. The van der Waals surface area contributed by atoms with Crippen molar-refractivity contribution in [3.63, 3.8) is 0 Å². The molecule has 16 heavy (non-hydrogen) atoms. The summed E-state index contributed by atoms with van der Waals surface area (Å²) in [6.45, 7) is 4.36. The summed E-state index contributed by atoms with van der Waals surface area (Å²) in [5.74, 6) is 0.650. The van der Waals surface area contributed by atoms with Gasteiger partial charge in [-0.2, -0.15) is 0 Å². The van der Waals surface area contributed by atoms with E-state index in [2.05, 4.69) is 13.8 Å². The predicted octanol–water partition coefficient (Wildman–Crippen LogP) is 4.85. The Morgan fingerprint density at radius 1 is 1.12 bits per heavy atom. The molecule has 2 N–H and O–H groups in total. The van der Waals surface area contributed by atoms with E-state index in [9.17, 15) is 0 Å². The van der Waals surface area contributed by atoms with Crippen molar-refractivity contribution >= 4 is 35.6 Å². The summed E-state index contributed by atoms with van der Waals surface area (Å²) in [4.78, 5) is 0. The van der Waals surface area contributed by atoms with Crippen LogP contribution in [0.1, 0.15) is 38.3 Å². The summed E-state index contributed by atoms with van der Waals surface area (Å²) < 4.78 is 0. The maximum Gasteiger partial charge on any atom is 0.0468 e. The zero-order valence-corrected chi connectivity index (χ0v) is 11.9. The first-order chi connectivity index (χ1) is 7.02. The third-order valence-electron chi connectivity index (χ3n) is 2.43. The minimum atomic E-state index is -0.0615. The molecule has 1 nitrogen and oxygen atoms in total. The number of hydrogen-bond donors (Lipinski definition) is 1. The number of nitrogens with two attached hydrogens (primary N) is 1. The van der Waals surface area contributed by atoms with Crippen molar-refractivity contribution < 1.29 is 0 Å². The van der Waals surface area contributed by atoms with Crippen LogP contribution in [-0.2, 0) is 0 Å². The molecular weight excluding hydrogens is 264 g/mol. The van der Waals surface area contributed by atoms with Crippen molar-refractivity contribution in [1.82, 2.24) is 0 Å². The number of hydrogen-bond acceptors (Lipinski definition) is 1. The van der Waals surface area contributed by atoms with Crippen LogP contribution in [0.5, 0.6) is 0 Å². The van der Waals surface area contributed by atoms with Gasteiger partial charge in [0.25, 0.3) is 0 Å². The monoisotopic (exact) mass is 281 g/mol. The molecule has 1 aromatic rings. The molecule has 0 aliphatic heterocycles. The molecule has 0 bridgehead atoms. The van der Waals surface area contributed by atoms with Gasteiger partial charge in [-0.3, -0.25) is 0 Å². The van der Waals surface area contributed by atoms with Crippen molar-refractivity contribution in [3.8, 4) is 0 Å². The highest BCUT2D eigenvalue weighted by Gasteiger charge is 2.14. The Kier molecular flexibility index (Phi) is 7.41. The zero-order chi connectivity index (χ0) is 11.4. The fourth-order valence-electron chi connectivity index (χ4n) is 1.52. The minimum Gasteiger partial charge on any atom is -0.324 e. The van der Waals surface area contributed by atoms with E-state index in [0.717, 1.165) is 18.4 Å². The smallest absolute Gasteiger partial charge is 0.0468 e. The molecule has 1 rings (SSSR count). The average molecular weight is 283 g/mol. The van der Waals surface area contributed by atoms with Crippen molar-refractivity contribution in [2.75, 3.05) is 0 Å². The molecule has 0 spiro atoms. The average Bonchev–Trinajstić information content (AvgIpc) is 2.14. The molecule has 0 saturated carbocycles. The molecule has 0 aliphatic rings. The van der Waals surface area contributed by atoms with Crippen molar-refractivity contribution in [2.24, 2.45) is 11.7 Å². The number of rotatable bonds is 4. The molecule has 92 valence electrons. The first-order valence-corrected chi connectivity index (χ1v) is 5.97. The molecule has 0 fully saturated rings. The summed E-state index contributed by atoms with van der Waals surface area (Å²) >= 11 is 12.2. The highest BCUT2D eigenvalue weighted by molar-refractivity contribution is 6.36. The van der Waals surface area contributed by atoms with Crippen LogP contribution in [0.15, 0.2) is 18.2 Å². The maximum absolute atomic E-state index is 6.08. The van der Waals surface area contributed by atoms with E-state index >= 15 is 0 Å². The van der Waals surface area contributed by atoms with E-state index in [1.807, 2.05) is 18.2 Å². The molecule has 0 radical (unpaired) electrons. The van der Waals surface area contributed by atoms with Gasteiger partial charge in [-0.05, 0) is 30.9 Å². The second-order valence-electron chi connectivity index (χ2n) is 4.21. The second kappa shape index (κ2) is 7.39. The SMILES string of the molecule is CC(C)CC[C@@H](N)c1c(Cl)cccc1Cl.Cl. The van der Waals surface area contributed by atoms with Gasteiger partial charge in [-0.1, -0.05) is 43.1 Å².